The van der Waals surface area contributed by atoms with Gasteiger partial charge >= 0.3 is 6.09 Å². The fraction of sp³-hybridized carbons (Fsp3) is 0.0769. The van der Waals surface area contributed by atoms with Crippen LogP contribution < -0.4 is 10.1 Å². The van der Waals surface area contributed by atoms with E-state index >= 15 is 0 Å². The second kappa shape index (κ2) is 5.10. The number of aromatic nitrogens is 2. The van der Waals surface area contributed by atoms with Crippen molar-refractivity contribution in [3.8, 4) is 5.75 Å². The first-order valence-corrected chi connectivity index (χ1v) is 7.20. The van der Waals surface area contributed by atoms with E-state index in [0.717, 1.165) is 20.0 Å². The number of hydrogen-bond donors (Lipinski definition) is 2. The predicted octanol–water partition coefficient (Wildman–Crippen LogP) is 3.69. The summed E-state index contributed by atoms with van der Waals surface area (Å²) in [5.74, 6) is 0.375. The molecule has 0 aliphatic rings. The van der Waals surface area contributed by atoms with Gasteiger partial charge in [0.15, 0.2) is 5.75 Å². The normalized spacial score (nSPS) is 10.9. The lowest BCUT2D eigenvalue weighted by Crippen LogP contribution is -2.22. The standard InChI is InChI=1S/C13H9ClIN3O2/c1-16-13(19)20-10-3-6(14)2-8-9-4-7(15)5-17-12(9)18-11(8)10/h2-5H,1H3,(H,16,19)(H,17,18). The monoisotopic (exact) mass is 401 g/mol. The number of benzene rings is 1. The topological polar surface area (TPSA) is 67.0 Å². The lowest BCUT2D eigenvalue weighted by atomic mass is 10.2. The van der Waals surface area contributed by atoms with Crippen molar-refractivity contribution >= 4 is 62.2 Å². The highest BCUT2D eigenvalue weighted by Gasteiger charge is 2.14. The van der Waals surface area contributed by atoms with E-state index in [2.05, 4.69) is 37.9 Å². The largest absolute Gasteiger partial charge is 0.412 e. The van der Waals surface area contributed by atoms with E-state index in [9.17, 15) is 4.79 Å². The molecule has 0 aliphatic carbocycles. The molecule has 20 heavy (non-hydrogen) atoms. The highest BCUT2D eigenvalue weighted by molar-refractivity contribution is 14.1. The molecular weight excluding hydrogens is 393 g/mol. The second-order valence-corrected chi connectivity index (χ2v) is 5.82. The van der Waals surface area contributed by atoms with Gasteiger partial charge in [0.2, 0.25) is 0 Å². The SMILES string of the molecule is CNC(=O)Oc1cc(Cl)cc2c1[nH]c1ncc(I)cc12. The van der Waals surface area contributed by atoms with E-state index < -0.39 is 6.09 Å². The van der Waals surface area contributed by atoms with Gasteiger partial charge < -0.3 is 15.0 Å². The molecule has 0 fully saturated rings. The van der Waals surface area contributed by atoms with Gasteiger partial charge in [-0.2, -0.15) is 0 Å². The van der Waals surface area contributed by atoms with Crippen molar-refractivity contribution in [2.75, 3.05) is 7.05 Å². The molecule has 0 saturated heterocycles. The fourth-order valence-corrected chi connectivity index (χ4v) is 2.68. The molecular formula is C13H9ClIN3O2. The molecule has 2 N–H and O–H groups in total. The zero-order chi connectivity index (χ0) is 14.3. The molecule has 0 saturated carbocycles. The third-order valence-electron chi connectivity index (χ3n) is 2.86. The maximum atomic E-state index is 11.4. The number of nitrogens with zero attached hydrogens (tertiary/aromatic N) is 1. The third-order valence-corrected chi connectivity index (χ3v) is 3.67. The summed E-state index contributed by atoms with van der Waals surface area (Å²) in [4.78, 5) is 18.9. The number of aromatic amines is 1. The van der Waals surface area contributed by atoms with Crippen LogP contribution in [0.5, 0.6) is 5.75 Å². The first-order chi connectivity index (χ1) is 9.58. The molecule has 2 heterocycles. The third kappa shape index (κ3) is 2.29. The predicted molar refractivity (Wildman–Crippen MR) is 86.4 cm³/mol. The van der Waals surface area contributed by atoms with Crippen molar-refractivity contribution in [2.45, 2.75) is 0 Å². The molecule has 7 heteroatoms. The Morgan fingerprint density at radius 3 is 2.95 bits per heavy atom. The molecule has 0 bridgehead atoms. The first kappa shape index (κ1) is 13.4. The number of ether oxygens (including phenoxy) is 1. The van der Waals surface area contributed by atoms with Gasteiger partial charge in [0.1, 0.15) is 5.65 Å². The Bertz CT molecular complexity index is 831. The average molecular weight is 402 g/mol. The van der Waals surface area contributed by atoms with Crippen LogP contribution in [0.25, 0.3) is 21.9 Å². The Morgan fingerprint density at radius 2 is 2.20 bits per heavy atom. The Kier molecular flexibility index (Phi) is 3.43. The van der Waals surface area contributed by atoms with Gasteiger partial charge in [0, 0.05) is 38.7 Å². The van der Waals surface area contributed by atoms with Crippen LogP contribution in [0.2, 0.25) is 5.02 Å². The molecule has 0 atom stereocenters. The summed E-state index contributed by atoms with van der Waals surface area (Å²) in [7, 11) is 1.50. The van der Waals surface area contributed by atoms with Crippen molar-refractivity contribution < 1.29 is 9.53 Å². The number of amides is 1. The van der Waals surface area contributed by atoms with Crippen LogP contribution in [-0.4, -0.2) is 23.1 Å². The summed E-state index contributed by atoms with van der Waals surface area (Å²) in [6.07, 6.45) is 1.22. The number of halogens is 2. The van der Waals surface area contributed by atoms with Gasteiger partial charge in [-0.1, -0.05) is 11.6 Å². The van der Waals surface area contributed by atoms with Gasteiger partial charge in [-0.25, -0.2) is 9.78 Å². The van der Waals surface area contributed by atoms with Crippen LogP contribution >= 0.6 is 34.2 Å². The second-order valence-electron chi connectivity index (χ2n) is 4.14. The fourth-order valence-electron chi connectivity index (χ4n) is 2.02. The number of carbonyl (C=O) groups excluding carboxylic acids is 1. The van der Waals surface area contributed by atoms with Crippen LogP contribution in [0.3, 0.4) is 0 Å². The molecule has 5 nitrogen and oxygen atoms in total. The van der Waals surface area contributed by atoms with Crippen LogP contribution in [0.4, 0.5) is 4.79 Å². The molecule has 0 aliphatic heterocycles. The highest BCUT2D eigenvalue weighted by atomic mass is 127. The molecule has 3 rings (SSSR count). The minimum absolute atomic E-state index is 0.375. The molecule has 0 radical (unpaired) electrons. The van der Waals surface area contributed by atoms with Crippen LogP contribution in [0.15, 0.2) is 24.4 Å². The van der Waals surface area contributed by atoms with Gasteiger partial charge in [0.05, 0.1) is 5.52 Å². The maximum Gasteiger partial charge on any atom is 0.412 e. The molecule has 1 aromatic carbocycles. The van der Waals surface area contributed by atoms with E-state index in [4.69, 9.17) is 16.3 Å². The summed E-state index contributed by atoms with van der Waals surface area (Å²) in [6, 6.07) is 5.42. The van der Waals surface area contributed by atoms with Crippen molar-refractivity contribution in [3.05, 3.63) is 33.0 Å². The Hall–Kier alpha value is -1.54. The molecule has 0 unspecified atom stereocenters. The Balaban J connectivity index is 2.30. The summed E-state index contributed by atoms with van der Waals surface area (Å²) >= 11 is 8.30. The van der Waals surface area contributed by atoms with Crippen LogP contribution in [-0.2, 0) is 0 Å². The zero-order valence-corrected chi connectivity index (χ0v) is 13.2. The van der Waals surface area contributed by atoms with Crippen LogP contribution in [0.1, 0.15) is 0 Å². The van der Waals surface area contributed by atoms with Gasteiger partial charge in [-0.05, 0) is 34.7 Å². The van der Waals surface area contributed by atoms with E-state index in [1.807, 2.05) is 12.1 Å². The quantitative estimate of drug-likeness (QED) is 0.611. The van der Waals surface area contributed by atoms with E-state index in [-0.39, 0.29) is 0 Å². The number of nitrogens with one attached hydrogen (secondary N) is 2. The maximum absolute atomic E-state index is 11.4. The molecule has 102 valence electrons. The lowest BCUT2D eigenvalue weighted by molar-refractivity contribution is 0.203. The molecule has 1 amide bonds. The van der Waals surface area contributed by atoms with Crippen molar-refractivity contribution in [2.24, 2.45) is 0 Å². The molecule has 3 aromatic rings. The number of pyridine rings is 1. The number of H-pyrrole nitrogens is 1. The van der Waals surface area contributed by atoms with E-state index in [0.29, 0.717) is 16.3 Å². The number of rotatable bonds is 1. The summed E-state index contributed by atoms with van der Waals surface area (Å²) < 4.78 is 6.24. The number of fused-ring (bicyclic) bond motifs is 3. The zero-order valence-electron chi connectivity index (χ0n) is 10.3. The van der Waals surface area contributed by atoms with Gasteiger partial charge in [-0.3, -0.25) is 0 Å². The summed E-state index contributed by atoms with van der Waals surface area (Å²) in [6.45, 7) is 0. The van der Waals surface area contributed by atoms with Crippen molar-refractivity contribution in [1.29, 1.82) is 0 Å². The van der Waals surface area contributed by atoms with Crippen molar-refractivity contribution in [1.82, 2.24) is 15.3 Å². The summed E-state index contributed by atoms with van der Waals surface area (Å²) in [5, 5.41) is 4.72. The summed E-state index contributed by atoms with van der Waals surface area (Å²) in [5.41, 5.74) is 1.42. The molecule has 0 spiro atoms. The number of hydrogen-bond acceptors (Lipinski definition) is 3. The smallest absolute Gasteiger partial charge is 0.408 e. The Morgan fingerprint density at radius 1 is 1.40 bits per heavy atom. The Labute approximate surface area is 132 Å². The average Bonchev–Trinajstić information content (AvgIpc) is 2.77. The van der Waals surface area contributed by atoms with Crippen molar-refractivity contribution in [3.63, 3.8) is 0 Å². The first-order valence-electron chi connectivity index (χ1n) is 5.74. The van der Waals surface area contributed by atoms with Gasteiger partial charge in [0.25, 0.3) is 0 Å². The highest BCUT2D eigenvalue weighted by Crippen LogP contribution is 2.34. The van der Waals surface area contributed by atoms with Crippen LogP contribution in [0, 0.1) is 3.57 Å². The van der Waals surface area contributed by atoms with Gasteiger partial charge in [-0.15, -0.1) is 0 Å². The van der Waals surface area contributed by atoms with E-state index in [1.165, 1.54) is 7.05 Å². The number of carbonyl (C=O) groups is 1. The minimum atomic E-state index is -0.547. The van der Waals surface area contributed by atoms with E-state index in [1.54, 1.807) is 12.3 Å². The lowest BCUT2D eigenvalue weighted by Gasteiger charge is -2.05. The molecule has 2 aromatic heterocycles. The minimum Gasteiger partial charge on any atom is -0.408 e.